The smallest absolute Gasteiger partial charge is 0.119 e. The molecule has 0 saturated heterocycles. The third kappa shape index (κ3) is 5.38. The van der Waals surface area contributed by atoms with Crippen molar-refractivity contribution in [3.05, 3.63) is 136 Å². The average molecular weight is 483 g/mol. The zero-order chi connectivity index (χ0) is 22.2. The van der Waals surface area contributed by atoms with Crippen LogP contribution in [0.5, 0.6) is 5.75 Å². The highest BCUT2D eigenvalue weighted by Gasteiger charge is 2.16. The van der Waals surface area contributed by atoms with Crippen molar-refractivity contribution in [1.82, 2.24) is 0 Å². The zero-order valence-corrected chi connectivity index (χ0v) is 19.9. The largest absolute Gasteiger partial charge is 0.494 e. The molecule has 0 amide bonds. The normalized spacial score (nSPS) is 10.6. The second-order valence-corrected chi connectivity index (χ2v) is 8.63. The van der Waals surface area contributed by atoms with Crippen LogP contribution in [0, 0.1) is 0 Å². The van der Waals surface area contributed by atoms with Crippen LogP contribution in [0.25, 0.3) is 11.1 Å². The quantitative estimate of drug-likeness (QED) is 0.180. The molecule has 0 heterocycles. The van der Waals surface area contributed by atoms with Crippen LogP contribution in [0.2, 0.25) is 0 Å². The van der Waals surface area contributed by atoms with Crippen LogP contribution in [-0.2, 0) is 0 Å². The molecule has 2 heteroatoms. The van der Waals surface area contributed by atoms with Gasteiger partial charge in [0.2, 0.25) is 0 Å². The van der Waals surface area contributed by atoms with Crippen molar-refractivity contribution in [1.29, 1.82) is 0 Å². The predicted molar refractivity (Wildman–Crippen MR) is 139 cm³/mol. The van der Waals surface area contributed by atoms with E-state index in [2.05, 4.69) is 132 Å². The molecule has 0 bridgehead atoms. The number of halogens is 1. The van der Waals surface area contributed by atoms with Gasteiger partial charge in [0.1, 0.15) is 5.75 Å². The summed E-state index contributed by atoms with van der Waals surface area (Å²) in [6, 6.07) is 38.3. The van der Waals surface area contributed by atoms with Gasteiger partial charge >= 0.3 is 0 Å². The van der Waals surface area contributed by atoms with E-state index in [1.54, 1.807) is 0 Å². The molecule has 0 unspecified atom stereocenters. The molecular weight excluding hydrogens is 456 g/mol. The first-order chi connectivity index (χ1) is 15.8. The van der Waals surface area contributed by atoms with E-state index in [0.29, 0.717) is 0 Å². The van der Waals surface area contributed by atoms with Gasteiger partial charge in [-0.15, -0.1) is 0 Å². The van der Waals surface area contributed by atoms with Crippen molar-refractivity contribution in [2.75, 3.05) is 6.61 Å². The van der Waals surface area contributed by atoms with Gasteiger partial charge in [0.25, 0.3) is 0 Å². The summed E-state index contributed by atoms with van der Waals surface area (Å²) < 4.78 is 6.98. The average Bonchev–Trinajstić information content (AvgIpc) is 2.85. The molecule has 0 aliphatic rings. The van der Waals surface area contributed by atoms with Gasteiger partial charge in [0.15, 0.2) is 0 Å². The Labute approximate surface area is 199 Å². The van der Waals surface area contributed by atoms with E-state index in [9.17, 15) is 0 Å². The van der Waals surface area contributed by atoms with Crippen LogP contribution in [0.15, 0.2) is 114 Å². The molecule has 32 heavy (non-hydrogen) atoms. The Morgan fingerprint density at radius 2 is 1.03 bits per heavy atom. The highest BCUT2D eigenvalue weighted by Crippen LogP contribution is 2.37. The summed E-state index contributed by atoms with van der Waals surface area (Å²) in [7, 11) is 0. The minimum Gasteiger partial charge on any atom is -0.494 e. The van der Waals surface area contributed by atoms with Crippen LogP contribution in [-0.4, -0.2) is 6.61 Å². The molecule has 0 saturated carbocycles. The van der Waals surface area contributed by atoms with Gasteiger partial charge in [0.05, 0.1) is 6.61 Å². The van der Waals surface area contributed by atoms with E-state index >= 15 is 0 Å². The second-order valence-electron chi connectivity index (χ2n) is 7.72. The first-order valence-corrected chi connectivity index (χ1v) is 11.9. The van der Waals surface area contributed by atoms with Crippen molar-refractivity contribution < 1.29 is 4.74 Å². The van der Waals surface area contributed by atoms with E-state index in [1.165, 1.54) is 27.8 Å². The highest BCUT2D eigenvalue weighted by atomic mass is 79.9. The van der Waals surface area contributed by atoms with E-state index in [-0.39, 0.29) is 0 Å². The van der Waals surface area contributed by atoms with Crippen molar-refractivity contribution in [3.63, 3.8) is 0 Å². The Kier molecular flexibility index (Phi) is 7.58. The monoisotopic (exact) mass is 482 g/mol. The van der Waals surface area contributed by atoms with Crippen LogP contribution >= 0.6 is 15.9 Å². The predicted octanol–water partition coefficient (Wildman–Crippen LogP) is 8.64. The fourth-order valence-corrected chi connectivity index (χ4v) is 4.05. The van der Waals surface area contributed by atoms with Gasteiger partial charge in [0, 0.05) is 4.47 Å². The Morgan fingerprint density at radius 1 is 0.594 bits per heavy atom. The molecule has 4 rings (SSSR count). The lowest BCUT2D eigenvalue weighted by Gasteiger charge is -2.18. The molecular formula is C30H27BrO. The molecule has 0 aliphatic heterocycles. The van der Waals surface area contributed by atoms with Crippen LogP contribution in [0.1, 0.15) is 42.0 Å². The molecule has 0 radical (unpaired) electrons. The molecule has 0 spiro atoms. The first-order valence-electron chi connectivity index (χ1n) is 11.1. The van der Waals surface area contributed by atoms with Crippen molar-refractivity contribution in [2.24, 2.45) is 0 Å². The summed E-state index contributed by atoms with van der Waals surface area (Å²) in [5.41, 5.74) is 7.15. The Morgan fingerprint density at radius 3 is 1.50 bits per heavy atom. The number of hydrogen-bond donors (Lipinski definition) is 0. The van der Waals surface area contributed by atoms with Crippen LogP contribution in [0.4, 0.5) is 0 Å². The Hall–Kier alpha value is -3.10. The molecule has 160 valence electrons. The van der Waals surface area contributed by atoms with Crippen molar-refractivity contribution >= 4 is 27.1 Å². The molecule has 0 atom stereocenters. The SMILES string of the molecule is CCCCOc1ccc(C(=C(c2ccccc2)c2ccccc2)c2ccc(Br)cc2)cc1. The summed E-state index contributed by atoms with van der Waals surface area (Å²) >= 11 is 3.58. The minimum atomic E-state index is 0.754. The number of unbranched alkanes of at least 4 members (excludes halogenated alkanes) is 1. The van der Waals surface area contributed by atoms with Gasteiger partial charge in [-0.25, -0.2) is 0 Å². The van der Waals surface area contributed by atoms with Crippen molar-refractivity contribution in [3.8, 4) is 5.75 Å². The second kappa shape index (κ2) is 11.0. The number of hydrogen-bond acceptors (Lipinski definition) is 1. The number of rotatable bonds is 8. The van der Waals surface area contributed by atoms with Gasteiger partial charge in [-0.3, -0.25) is 0 Å². The maximum atomic E-state index is 5.91. The number of benzene rings is 4. The molecule has 0 fully saturated rings. The molecule has 0 N–H and O–H groups in total. The third-order valence-electron chi connectivity index (χ3n) is 5.42. The summed E-state index contributed by atoms with van der Waals surface area (Å²) in [5, 5.41) is 0. The molecule has 0 aromatic heterocycles. The standard InChI is InChI=1S/C30H27BrO/c1-2-3-22-32-28-20-16-26(17-21-28)30(25-14-18-27(31)19-15-25)29(23-10-6-4-7-11-23)24-12-8-5-9-13-24/h4-21H,2-3,22H2,1H3. The van der Waals surface area contributed by atoms with Gasteiger partial charge in [-0.1, -0.05) is 114 Å². The lowest BCUT2D eigenvalue weighted by Crippen LogP contribution is -1.99. The van der Waals surface area contributed by atoms with E-state index < -0.39 is 0 Å². The van der Waals surface area contributed by atoms with Crippen LogP contribution < -0.4 is 4.74 Å². The summed E-state index contributed by atoms with van der Waals surface area (Å²) in [5.74, 6) is 0.915. The topological polar surface area (TPSA) is 9.23 Å². The Balaban J connectivity index is 1.91. The lowest BCUT2D eigenvalue weighted by molar-refractivity contribution is 0.309. The van der Waals surface area contributed by atoms with E-state index in [4.69, 9.17) is 4.74 Å². The van der Waals surface area contributed by atoms with Gasteiger partial charge in [-0.2, -0.15) is 0 Å². The highest BCUT2D eigenvalue weighted by molar-refractivity contribution is 9.10. The zero-order valence-electron chi connectivity index (χ0n) is 18.3. The third-order valence-corrected chi connectivity index (χ3v) is 5.95. The van der Waals surface area contributed by atoms with E-state index in [1.807, 2.05) is 0 Å². The maximum absolute atomic E-state index is 5.91. The van der Waals surface area contributed by atoms with E-state index in [0.717, 1.165) is 35.2 Å². The summed E-state index contributed by atoms with van der Waals surface area (Å²) in [6.07, 6.45) is 2.20. The molecule has 4 aromatic rings. The molecule has 1 nitrogen and oxygen atoms in total. The lowest BCUT2D eigenvalue weighted by atomic mass is 9.86. The van der Waals surface area contributed by atoms with Gasteiger partial charge in [-0.05, 0) is 64.1 Å². The first kappa shape index (κ1) is 22.1. The fourth-order valence-electron chi connectivity index (χ4n) is 3.79. The number of ether oxygens (including phenoxy) is 1. The van der Waals surface area contributed by atoms with Crippen LogP contribution in [0.3, 0.4) is 0 Å². The summed E-state index contributed by atoms with van der Waals surface area (Å²) in [6.45, 7) is 2.93. The summed E-state index contributed by atoms with van der Waals surface area (Å²) in [4.78, 5) is 0. The maximum Gasteiger partial charge on any atom is 0.119 e. The fraction of sp³-hybridized carbons (Fsp3) is 0.133. The molecule has 4 aromatic carbocycles. The molecule has 0 aliphatic carbocycles. The van der Waals surface area contributed by atoms with Gasteiger partial charge < -0.3 is 4.74 Å². The van der Waals surface area contributed by atoms with Crippen molar-refractivity contribution in [2.45, 2.75) is 19.8 Å². The Bertz CT molecular complexity index is 1100. The minimum absolute atomic E-state index is 0.754.